The van der Waals surface area contributed by atoms with E-state index in [9.17, 15) is 0 Å². The summed E-state index contributed by atoms with van der Waals surface area (Å²) in [5, 5.41) is 8.06. The Morgan fingerprint density at radius 3 is 1.84 bits per heavy atom. The van der Waals surface area contributed by atoms with Gasteiger partial charge in [-0.15, -0.1) is 22.7 Å². The SMILES string of the molecule is c1ccc(-c2ccc(N(c3ccccc3)c3ccc4c(c3)sc3ccc5c6ccc7ccccc7c6sc5c34)cc2)cc1. The lowest BCUT2D eigenvalue weighted by Crippen LogP contribution is -2.09. The van der Waals surface area contributed by atoms with Crippen LogP contribution in [0.15, 0.2) is 152 Å². The molecule has 43 heavy (non-hydrogen) atoms. The molecule has 0 saturated heterocycles. The number of anilines is 3. The van der Waals surface area contributed by atoms with Crippen LogP contribution in [0, 0.1) is 0 Å². The number of hydrogen-bond donors (Lipinski definition) is 0. The van der Waals surface area contributed by atoms with Crippen molar-refractivity contribution in [3.63, 3.8) is 0 Å². The maximum absolute atomic E-state index is 2.37. The van der Waals surface area contributed by atoms with E-state index in [0.717, 1.165) is 17.1 Å². The van der Waals surface area contributed by atoms with E-state index in [0.29, 0.717) is 0 Å². The van der Waals surface area contributed by atoms with E-state index < -0.39 is 0 Å². The van der Waals surface area contributed by atoms with Crippen LogP contribution in [0.4, 0.5) is 17.1 Å². The highest BCUT2D eigenvalue weighted by Crippen LogP contribution is 2.47. The summed E-state index contributed by atoms with van der Waals surface area (Å²) in [5.41, 5.74) is 5.90. The number of nitrogens with zero attached hydrogens (tertiary/aromatic N) is 1. The van der Waals surface area contributed by atoms with Gasteiger partial charge < -0.3 is 4.90 Å². The molecule has 1 nitrogen and oxygen atoms in total. The minimum atomic E-state index is 1.14. The summed E-state index contributed by atoms with van der Waals surface area (Å²) in [6, 6.07) is 55.1. The molecule has 0 aliphatic rings. The molecule has 0 spiro atoms. The fourth-order valence-electron chi connectivity index (χ4n) is 6.41. The van der Waals surface area contributed by atoms with E-state index >= 15 is 0 Å². The first-order valence-corrected chi connectivity index (χ1v) is 16.1. The Labute approximate surface area is 257 Å². The lowest BCUT2D eigenvalue weighted by atomic mass is 10.0. The molecular weight excluding hydrogens is 559 g/mol. The molecule has 0 atom stereocenters. The lowest BCUT2D eigenvalue weighted by molar-refractivity contribution is 1.29. The van der Waals surface area contributed by atoms with Gasteiger partial charge in [-0.05, 0) is 64.4 Å². The van der Waals surface area contributed by atoms with Crippen molar-refractivity contribution in [1.29, 1.82) is 0 Å². The molecule has 202 valence electrons. The normalized spacial score (nSPS) is 11.7. The molecular formula is C40H25NS2. The Hall–Kier alpha value is -4.96. The second kappa shape index (κ2) is 9.81. The lowest BCUT2D eigenvalue weighted by Gasteiger charge is -2.25. The fraction of sp³-hybridized carbons (Fsp3) is 0. The zero-order valence-corrected chi connectivity index (χ0v) is 24.8. The van der Waals surface area contributed by atoms with E-state index in [1.165, 1.54) is 62.2 Å². The predicted molar refractivity (Wildman–Crippen MR) is 190 cm³/mol. The highest BCUT2D eigenvalue weighted by Gasteiger charge is 2.18. The summed E-state index contributed by atoms with van der Waals surface area (Å²) in [6.07, 6.45) is 0. The van der Waals surface area contributed by atoms with E-state index in [-0.39, 0.29) is 0 Å². The maximum Gasteiger partial charge on any atom is 0.0476 e. The standard InChI is InChI=1S/C40H25NS2/c1-3-9-26(10-4-1)27-15-18-30(19-16-27)41(29-12-5-2-6-13-29)31-20-22-35-37(25-31)42-36-24-23-34-33-21-17-28-11-7-8-14-32(28)39(33)43-40(34)38(35)36/h1-25H. The quantitative estimate of drug-likeness (QED) is 0.199. The zero-order valence-electron chi connectivity index (χ0n) is 23.2. The molecule has 0 N–H and O–H groups in total. The van der Waals surface area contributed by atoms with Crippen molar-refractivity contribution < 1.29 is 0 Å². The van der Waals surface area contributed by atoms with Crippen LogP contribution in [-0.4, -0.2) is 0 Å². The van der Waals surface area contributed by atoms with Gasteiger partial charge in [0.1, 0.15) is 0 Å². The Morgan fingerprint density at radius 1 is 0.372 bits per heavy atom. The third kappa shape index (κ3) is 3.97. The average Bonchev–Trinajstić information content (AvgIpc) is 3.64. The minimum absolute atomic E-state index is 1.14. The van der Waals surface area contributed by atoms with E-state index in [1.807, 2.05) is 22.7 Å². The number of para-hydroxylation sites is 1. The fourth-order valence-corrected chi connectivity index (χ4v) is 9.02. The van der Waals surface area contributed by atoms with Crippen LogP contribution in [0.1, 0.15) is 0 Å². The molecule has 0 aliphatic heterocycles. The zero-order chi connectivity index (χ0) is 28.3. The van der Waals surface area contributed by atoms with Crippen molar-refractivity contribution in [3.8, 4) is 11.1 Å². The monoisotopic (exact) mass is 583 g/mol. The number of rotatable bonds is 4. The summed E-state index contributed by atoms with van der Waals surface area (Å²) in [5.74, 6) is 0. The van der Waals surface area contributed by atoms with Crippen molar-refractivity contribution in [2.24, 2.45) is 0 Å². The first-order chi connectivity index (χ1) is 21.3. The highest BCUT2D eigenvalue weighted by molar-refractivity contribution is 7.30. The van der Waals surface area contributed by atoms with Gasteiger partial charge in [0.15, 0.2) is 0 Å². The van der Waals surface area contributed by atoms with Crippen LogP contribution in [0.25, 0.3) is 62.2 Å². The molecule has 2 heterocycles. The summed E-state index contributed by atoms with van der Waals surface area (Å²) in [6.45, 7) is 0. The van der Waals surface area contributed by atoms with Gasteiger partial charge in [0.25, 0.3) is 0 Å². The Kier molecular flexibility index (Phi) is 5.62. The van der Waals surface area contributed by atoms with Gasteiger partial charge >= 0.3 is 0 Å². The van der Waals surface area contributed by atoms with Crippen LogP contribution in [0.3, 0.4) is 0 Å². The largest absolute Gasteiger partial charge is 0.310 e. The van der Waals surface area contributed by atoms with Crippen molar-refractivity contribution in [1.82, 2.24) is 0 Å². The van der Waals surface area contributed by atoms with Gasteiger partial charge in [0.05, 0.1) is 0 Å². The van der Waals surface area contributed by atoms with Crippen molar-refractivity contribution in [3.05, 3.63) is 152 Å². The Bertz CT molecular complexity index is 2440. The molecule has 0 amide bonds. The molecule has 0 bridgehead atoms. The molecule has 7 aromatic carbocycles. The van der Waals surface area contributed by atoms with E-state index in [1.54, 1.807) is 0 Å². The van der Waals surface area contributed by atoms with Gasteiger partial charge in [-0.2, -0.15) is 0 Å². The first kappa shape index (κ1) is 24.6. The molecule has 0 fully saturated rings. The van der Waals surface area contributed by atoms with Crippen LogP contribution in [0.5, 0.6) is 0 Å². The third-order valence-corrected chi connectivity index (χ3v) is 10.8. The van der Waals surface area contributed by atoms with Crippen molar-refractivity contribution >= 4 is 90.9 Å². The summed E-state index contributed by atoms with van der Waals surface area (Å²) in [7, 11) is 0. The van der Waals surface area contributed by atoms with E-state index in [2.05, 4.69) is 157 Å². The molecule has 9 rings (SSSR count). The molecule has 3 heteroatoms. The van der Waals surface area contributed by atoms with Crippen molar-refractivity contribution in [2.45, 2.75) is 0 Å². The summed E-state index contributed by atoms with van der Waals surface area (Å²) in [4.78, 5) is 2.36. The highest BCUT2D eigenvalue weighted by atomic mass is 32.1. The van der Waals surface area contributed by atoms with Crippen molar-refractivity contribution in [2.75, 3.05) is 4.90 Å². The number of benzene rings is 7. The van der Waals surface area contributed by atoms with Crippen LogP contribution >= 0.6 is 22.7 Å². The van der Waals surface area contributed by atoms with Gasteiger partial charge in [0, 0.05) is 57.4 Å². The van der Waals surface area contributed by atoms with Crippen LogP contribution in [-0.2, 0) is 0 Å². The maximum atomic E-state index is 2.37. The Morgan fingerprint density at radius 2 is 1.00 bits per heavy atom. The minimum Gasteiger partial charge on any atom is -0.310 e. The molecule has 0 saturated carbocycles. The summed E-state index contributed by atoms with van der Waals surface area (Å²) >= 11 is 3.83. The van der Waals surface area contributed by atoms with Gasteiger partial charge in [-0.25, -0.2) is 0 Å². The molecule has 0 unspecified atom stereocenters. The summed E-state index contributed by atoms with van der Waals surface area (Å²) < 4.78 is 5.42. The van der Waals surface area contributed by atoms with E-state index in [4.69, 9.17) is 0 Å². The number of hydrogen-bond acceptors (Lipinski definition) is 3. The van der Waals surface area contributed by atoms with Gasteiger partial charge in [0.2, 0.25) is 0 Å². The predicted octanol–water partition coefficient (Wildman–Crippen LogP) is 12.7. The third-order valence-electron chi connectivity index (χ3n) is 8.45. The molecule has 9 aromatic rings. The van der Waals surface area contributed by atoms with Gasteiger partial charge in [-0.1, -0.05) is 109 Å². The topological polar surface area (TPSA) is 3.24 Å². The number of thiophene rings is 2. The second-order valence-electron chi connectivity index (χ2n) is 10.9. The number of fused-ring (bicyclic) bond motifs is 9. The van der Waals surface area contributed by atoms with Crippen LogP contribution < -0.4 is 4.90 Å². The average molecular weight is 584 g/mol. The Balaban J connectivity index is 1.22. The van der Waals surface area contributed by atoms with Gasteiger partial charge in [-0.3, -0.25) is 0 Å². The van der Waals surface area contributed by atoms with Crippen LogP contribution in [0.2, 0.25) is 0 Å². The first-order valence-electron chi connectivity index (χ1n) is 14.5. The molecule has 0 radical (unpaired) electrons. The molecule has 2 aromatic heterocycles. The molecule has 0 aliphatic carbocycles. The second-order valence-corrected chi connectivity index (χ2v) is 13.1. The smallest absolute Gasteiger partial charge is 0.0476 e.